The van der Waals surface area contributed by atoms with Gasteiger partial charge in [-0.15, -0.1) is 0 Å². The molecule has 0 bridgehead atoms. The number of anilines is 1. The van der Waals surface area contributed by atoms with E-state index in [1.807, 2.05) is 18.2 Å². The molecule has 19 heavy (non-hydrogen) atoms. The summed E-state index contributed by atoms with van der Waals surface area (Å²) in [6.07, 6.45) is 0. The molecule has 0 spiro atoms. The zero-order valence-electron chi connectivity index (χ0n) is 11.2. The van der Waals surface area contributed by atoms with E-state index in [2.05, 4.69) is 10.1 Å². The van der Waals surface area contributed by atoms with Crippen molar-refractivity contribution >= 4 is 17.6 Å². The van der Waals surface area contributed by atoms with Crippen LogP contribution in [0.1, 0.15) is 5.56 Å². The average molecular weight is 265 g/mol. The van der Waals surface area contributed by atoms with Crippen LogP contribution in [0.3, 0.4) is 0 Å². The van der Waals surface area contributed by atoms with E-state index in [0.717, 1.165) is 5.56 Å². The number of esters is 1. The normalized spacial score (nSPS) is 10.3. The number of methoxy groups -OCH3 is 1. The van der Waals surface area contributed by atoms with E-state index in [1.54, 1.807) is 18.0 Å². The second kappa shape index (κ2) is 7.50. The topological polar surface area (TPSA) is 84.7 Å². The van der Waals surface area contributed by atoms with Crippen molar-refractivity contribution in [2.75, 3.05) is 32.6 Å². The summed E-state index contributed by atoms with van der Waals surface area (Å²) in [5.74, 6) is -0.579. The number of hydrogen-bond donors (Lipinski definition) is 2. The van der Waals surface area contributed by atoms with Gasteiger partial charge in [-0.05, 0) is 18.7 Å². The summed E-state index contributed by atoms with van der Waals surface area (Å²) in [6, 6.07) is 7.34. The van der Waals surface area contributed by atoms with Gasteiger partial charge in [-0.2, -0.15) is 0 Å². The monoisotopic (exact) mass is 265 g/mol. The number of para-hydroxylation sites is 1. The minimum atomic E-state index is -0.377. The Morgan fingerprint density at radius 1 is 1.32 bits per heavy atom. The molecule has 3 N–H and O–H groups in total. The quantitative estimate of drug-likeness (QED) is 0.717. The van der Waals surface area contributed by atoms with Crippen LogP contribution in [0.4, 0.5) is 5.69 Å². The van der Waals surface area contributed by atoms with Gasteiger partial charge in [0.15, 0.2) is 0 Å². The van der Waals surface area contributed by atoms with Crippen LogP contribution in [-0.2, 0) is 20.9 Å². The molecule has 0 radical (unpaired) electrons. The SMILES string of the molecule is COC(=O)CN(C)CC(=O)Nc1ccccc1CN. The molecule has 0 aromatic heterocycles. The molecule has 0 aliphatic carbocycles. The Balaban J connectivity index is 2.53. The molecule has 0 saturated carbocycles. The molecule has 0 saturated heterocycles. The number of carbonyl (C=O) groups excluding carboxylic acids is 2. The fourth-order valence-corrected chi connectivity index (χ4v) is 1.60. The van der Waals surface area contributed by atoms with E-state index in [0.29, 0.717) is 12.2 Å². The van der Waals surface area contributed by atoms with Gasteiger partial charge in [-0.25, -0.2) is 0 Å². The highest BCUT2D eigenvalue weighted by Gasteiger charge is 2.11. The van der Waals surface area contributed by atoms with Crippen molar-refractivity contribution in [3.63, 3.8) is 0 Å². The number of carbonyl (C=O) groups is 2. The lowest BCUT2D eigenvalue weighted by Gasteiger charge is -2.15. The Labute approximate surface area is 112 Å². The van der Waals surface area contributed by atoms with E-state index < -0.39 is 0 Å². The van der Waals surface area contributed by atoms with Gasteiger partial charge in [0.25, 0.3) is 0 Å². The first kappa shape index (κ1) is 15.1. The molecule has 1 amide bonds. The lowest BCUT2D eigenvalue weighted by molar-refractivity contribution is -0.141. The minimum absolute atomic E-state index is 0.0719. The van der Waals surface area contributed by atoms with Gasteiger partial charge >= 0.3 is 5.97 Å². The molecule has 0 fully saturated rings. The molecular formula is C13H19N3O3. The van der Waals surface area contributed by atoms with Crippen LogP contribution >= 0.6 is 0 Å². The first-order chi connectivity index (χ1) is 9.06. The number of nitrogens with zero attached hydrogens (tertiary/aromatic N) is 1. The lowest BCUT2D eigenvalue weighted by atomic mass is 10.2. The Kier molecular flexibility index (Phi) is 5.98. The smallest absolute Gasteiger partial charge is 0.319 e. The number of amides is 1. The molecule has 1 aromatic carbocycles. The summed E-state index contributed by atoms with van der Waals surface area (Å²) in [6.45, 7) is 0.533. The number of nitrogens with one attached hydrogen (secondary N) is 1. The van der Waals surface area contributed by atoms with Crippen molar-refractivity contribution in [2.45, 2.75) is 6.54 Å². The summed E-state index contributed by atoms with van der Waals surface area (Å²) < 4.78 is 4.53. The maximum Gasteiger partial charge on any atom is 0.319 e. The third kappa shape index (κ3) is 5.07. The number of benzene rings is 1. The van der Waals surface area contributed by atoms with Crippen molar-refractivity contribution in [3.8, 4) is 0 Å². The standard InChI is InChI=1S/C13H19N3O3/c1-16(9-13(18)19-2)8-12(17)15-11-6-4-3-5-10(11)7-14/h3-6H,7-9,14H2,1-2H3,(H,15,17). The molecule has 0 unspecified atom stereocenters. The van der Waals surface area contributed by atoms with Crippen molar-refractivity contribution in [3.05, 3.63) is 29.8 Å². The molecule has 6 nitrogen and oxygen atoms in total. The molecule has 0 heterocycles. The van der Waals surface area contributed by atoms with E-state index >= 15 is 0 Å². The van der Waals surface area contributed by atoms with Gasteiger partial charge in [0.1, 0.15) is 0 Å². The maximum absolute atomic E-state index is 11.8. The second-order valence-electron chi connectivity index (χ2n) is 4.16. The molecule has 104 valence electrons. The summed E-state index contributed by atoms with van der Waals surface area (Å²) in [7, 11) is 2.99. The molecule has 0 aliphatic rings. The molecule has 0 atom stereocenters. The van der Waals surface area contributed by atoms with Crippen molar-refractivity contribution in [2.24, 2.45) is 5.73 Å². The summed E-state index contributed by atoms with van der Waals surface area (Å²) in [4.78, 5) is 24.4. The van der Waals surface area contributed by atoms with Gasteiger partial charge in [0, 0.05) is 12.2 Å². The first-order valence-electron chi connectivity index (χ1n) is 5.90. The van der Waals surface area contributed by atoms with E-state index in [9.17, 15) is 9.59 Å². The van der Waals surface area contributed by atoms with Crippen molar-refractivity contribution in [1.29, 1.82) is 0 Å². The highest BCUT2D eigenvalue weighted by Crippen LogP contribution is 2.13. The zero-order chi connectivity index (χ0) is 14.3. The maximum atomic E-state index is 11.8. The fourth-order valence-electron chi connectivity index (χ4n) is 1.60. The summed E-state index contributed by atoms with van der Waals surface area (Å²) in [5.41, 5.74) is 7.15. The summed E-state index contributed by atoms with van der Waals surface area (Å²) in [5, 5.41) is 2.77. The van der Waals surface area contributed by atoms with Gasteiger partial charge in [-0.1, -0.05) is 18.2 Å². The van der Waals surface area contributed by atoms with Crippen LogP contribution in [0.15, 0.2) is 24.3 Å². The number of rotatable bonds is 6. The minimum Gasteiger partial charge on any atom is -0.468 e. The predicted molar refractivity (Wildman–Crippen MR) is 72.5 cm³/mol. The van der Waals surface area contributed by atoms with Crippen LogP contribution in [0, 0.1) is 0 Å². The largest absolute Gasteiger partial charge is 0.468 e. The molecular weight excluding hydrogens is 246 g/mol. The van der Waals surface area contributed by atoms with Crippen LogP contribution in [0.2, 0.25) is 0 Å². The van der Waals surface area contributed by atoms with Crippen LogP contribution in [0.5, 0.6) is 0 Å². The zero-order valence-corrected chi connectivity index (χ0v) is 11.2. The second-order valence-corrected chi connectivity index (χ2v) is 4.16. The van der Waals surface area contributed by atoms with Crippen LogP contribution < -0.4 is 11.1 Å². The number of ether oxygens (including phenoxy) is 1. The molecule has 0 aliphatic heterocycles. The Morgan fingerprint density at radius 3 is 2.63 bits per heavy atom. The van der Waals surface area contributed by atoms with Crippen LogP contribution in [-0.4, -0.2) is 44.0 Å². The Bertz CT molecular complexity index is 449. The van der Waals surface area contributed by atoms with Gasteiger partial charge < -0.3 is 15.8 Å². The average Bonchev–Trinajstić information content (AvgIpc) is 2.38. The van der Waals surface area contributed by atoms with E-state index in [4.69, 9.17) is 5.73 Å². The molecule has 1 aromatic rings. The number of hydrogen-bond acceptors (Lipinski definition) is 5. The fraction of sp³-hybridized carbons (Fsp3) is 0.385. The summed E-state index contributed by atoms with van der Waals surface area (Å²) >= 11 is 0. The third-order valence-corrected chi connectivity index (χ3v) is 2.55. The number of likely N-dealkylation sites (N-methyl/N-ethyl adjacent to an activating group) is 1. The first-order valence-corrected chi connectivity index (χ1v) is 5.90. The van der Waals surface area contributed by atoms with Gasteiger partial charge in [0.2, 0.25) is 5.91 Å². The van der Waals surface area contributed by atoms with Crippen molar-refractivity contribution < 1.29 is 14.3 Å². The Morgan fingerprint density at radius 2 is 2.00 bits per heavy atom. The Hall–Kier alpha value is -1.92. The third-order valence-electron chi connectivity index (χ3n) is 2.55. The molecule has 6 heteroatoms. The highest BCUT2D eigenvalue weighted by molar-refractivity contribution is 5.93. The number of nitrogens with two attached hydrogens (primary N) is 1. The van der Waals surface area contributed by atoms with E-state index in [1.165, 1.54) is 7.11 Å². The van der Waals surface area contributed by atoms with Gasteiger partial charge in [-0.3, -0.25) is 14.5 Å². The molecule has 1 rings (SSSR count). The van der Waals surface area contributed by atoms with E-state index in [-0.39, 0.29) is 25.0 Å². The highest BCUT2D eigenvalue weighted by atomic mass is 16.5. The van der Waals surface area contributed by atoms with Crippen LogP contribution in [0.25, 0.3) is 0 Å². The van der Waals surface area contributed by atoms with Crippen molar-refractivity contribution in [1.82, 2.24) is 4.90 Å². The lowest BCUT2D eigenvalue weighted by Crippen LogP contribution is -2.34. The van der Waals surface area contributed by atoms with Gasteiger partial charge in [0.05, 0.1) is 20.2 Å². The predicted octanol–water partition coefficient (Wildman–Crippen LogP) is 0.189.